The van der Waals surface area contributed by atoms with Crippen molar-refractivity contribution in [2.24, 2.45) is 0 Å². The molecule has 0 saturated carbocycles. The highest BCUT2D eigenvalue weighted by Gasteiger charge is 2.18. The van der Waals surface area contributed by atoms with Crippen molar-refractivity contribution < 1.29 is 14.3 Å². The minimum Gasteiger partial charge on any atom is -0.448 e. The molecule has 1 saturated heterocycles. The summed E-state index contributed by atoms with van der Waals surface area (Å²) in [5.41, 5.74) is 4.11. The summed E-state index contributed by atoms with van der Waals surface area (Å²) >= 11 is 0. The van der Waals surface area contributed by atoms with Gasteiger partial charge in [-0.25, -0.2) is 9.31 Å². The summed E-state index contributed by atoms with van der Waals surface area (Å²) in [5.74, 6) is 0. The van der Waals surface area contributed by atoms with Crippen LogP contribution in [0.3, 0.4) is 0 Å². The van der Waals surface area contributed by atoms with Crippen LogP contribution < -0.4 is 10.6 Å². The molecule has 2 aromatic heterocycles. The lowest BCUT2D eigenvalue weighted by Gasteiger charge is -2.26. The van der Waals surface area contributed by atoms with Gasteiger partial charge in [0, 0.05) is 30.9 Å². The highest BCUT2D eigenvalue weighted by Crippen LogP contribution is 2.31. The van der Waals surface area contributed by atoms with Crippen molar-refractivity contribution in [3.05, 3.63) is 35.3 Å². The van der Waals surface area contributed by atoms with Crippen molar-refractivity contribution in [2.75, 3.05) is 50.1 Å². The monoisotopic (exact) mass is 398 g/mol. The molecule has 9 nitrogen and oxygen atoms in total. The molecule has 3 rings (SSSR count). The van der Waals surface area contributed by atoms with Crippen LogP contribution in [0.25, 0.3) is 5.52 Å². The maximum Gasteiger partial charge on any atom is 0.411 e. The van der Waals surface area contributed by atoms with Crippen molar-refractivity contribution in [3.63, 3.8) is 0 Å². The minimum atomic E-state index is -0.517. The number of anilines is 2. The lowest BCUT2D eigenvalue weighted by Crippen LogP contribution is -2.38. The normalized spacial score (nSPS) is 15.2. The maximum absolute atomic E-state index is 12.2. The molecular weight excluding hydrogens is 372 g/mol. The number of hydrogen-bond acceptors (Lipinski definition) is 7. The molecule has 3 heterocycles. The van der Waals surface area contributed by atoms with Gasteiger partial charge in [0.05, 0.1) is 48.1 Å². The number of nitrogens with one attached hydrogen (secondary N) is 2. The number of nitriles is 1. The topological polar surface area (TPSA) is 104 Å². The van der Waals surface area contributed by atoms with Gasteiger partial charge in [0.15, 0.2) is 0 Å². The van der Waals surface area contributed by atoms with Gasteiger partial charge in [-0.05, 0) is 20.8 Å². The number of carbonyl (C=O) groups excluding carboxylic acids is 1. The van der Waals surface area contributed by atoms with Crippen LogP contribution in [0, 0.1) is 18.3 Å². The van der Waals surface area contributed by atoms with E-state index in [2.05, 4.69) is 26.7 Å². The van der Waals surface area contributed by atoms with Gasteiger partial charge in [-0.1, -0.05) is 6.08 Å². The van der Waals surface area contributed by atoms with E-state index in [-0.39, 0.29) is 0 Å². The molecule has 0 aromatic carbocycles. The molecular formula is C20H26N6O3. The Kier molecular flexibility index (Phi) is 6.69. The first-order chi connectivity index (χ1) is 14.0. The first-order valence-corrected chi connectivity index (χ1v) is 9.58. The molecule has 29 heavy (non-hydrogen) atoms. The zero-order chi connectivity index (χ0) is 20.8. The molecule has 9 heteroatoms. The van der Waals surface area contributed by atoms with Gasteiger partial charge in [-0.3, -0.25) is 10.2 Å². The van der Waals surface area contributed by atoms with Crippen LogP contribution in [-0.4, -0.2) is 60.1 Å². The number of amides is 1. The highest BCUT2D eigenvalue weighted by atomic mass is 16.5. The second-order valence-corrected chi connectivity index (χ2v) is 6.82. The average molecular weight is 398 g/mol. The number of aromatic nitrogens is 2. The number of allylic oxidation sites excluding steroid dienone is 2. The fourth-order valence-electron chi connectivity index (χ4n) is 3.13. The third kappa shape index (κ3) is 4.85. The van der Waals surface area contributed by atoms with Crippen LogP contribution in [0.1, 0.15) is 25.0 Å². The molecule has 1 aliphatic heterocycles. The van der Waals surface area contributed by atoms with Crippen LogP contribution in [0.2, 0.25) is 0 Å². The summed E-state index contributed by atoms with van der Waals surface area (Å²) in [6.45, 7) is 9.82. The van der Waals surface area contributed by atoms with E-state index in [1.165, 1.54) is 6.20 Å². The molecule has 1 amide bonds. The van der Waals surface area contributed by atoms with Gasteiger partial charge >= 0.3 is 6.09 Å². The Morgan fingerprint density at radius 1 is 1.41 bits per heavy atom. The summed E-state index contributed by atoms with van der Waals surface area (Å²) in [5, 5.41) is 19.8. The van der Waals surface area contributed by atoms with Crippen molar-refractivity contribution in [2.45, 2.75) is 20.8 Å². The SMILES string of the molecule is C/C=C(\C)Nc1c(C#N)cnn2cc(NC(=O)OCCN3CCOCC3)c(C)c12. The molecule has 154 valence electrons. The van der Waals surface area contributed by atoms with E-state index < -0.39 is 6.09 Å². The van der Waals surface area contributed by atoms with Gasteiger partial charge in [0.1, 0.15) is 12.7 Å². The summed E-state index contributed by atoms with van der Waals surface area (Å²) < 4.78 is 12.3. The predicted molar refractivity (Wildman–Crippen MR) is 110 cm³/mol. The van der Waals surface area contributed by atoms with Gasteiger partial charge in [0.2, 0.25) is 0 Å². The molecule has 0 radical (unpaired) electrons. The predicted octanol–water partition coefficient (Wildman–Crippen LogP) is 2.73. The van der Waals surface area contributed by atoms with E-state index in [1.807, 2.05) is 26.8 Å². The van der Waals surface area contributed by atoms with Gasteiger partial charge in [-0.2, -0.15) is 10.4 Å². The summed E-state index contributed by atoms with van der Waals surface area (Å²) in [4.78, 5) is 14.4. The smallest absolute Gasteiger partial charge is 0.411 e. The van der Waals surface area contributed by atoms with Crippen molar-refractivity contribution in [1.29, 1.82) is 5.26 Å². The lowest BCUT2D eigenvalue weighted by atomic mass is 10.1. The zero-order valence-electron chi connectivity index (χ0n) is 17.0. The van der Waals surface area contributed by atoms with E-state index in [0.717, 1.165) is 29.9 Å². The standard InChI is InChI=1S/C20H26N6O3/c1-4-14(2)23-18-16(11-21)12-22-26-13-17(15(3)19(18)26)24-20(27)29-10-7-25-5-8-28-9-6-25/h4,12-13,23H,5-10H2,1-3H3,(H,24,27)/b14-4+. The Balaban J connectivity index is 1.72. The molecule has 1 fully saturated rings. The van der Waals surface area contributed by atoms with E-state index >= 15 is 0 Å². The van der Waals surface area contributed by atoms with Crippen molar-refractivity contribution in [3.8, 4) is 6.07 Å². The average Bonchev–Trinajstić information content (AvgIpc) is 3.04. The van der Waals surface area contributed by atoms with E-state index in [0.29, 0.717) is 43.3 Å². The van der Waals surface area contributed by atoms with Crippen molar-refractivity contribution in [1.82, 2.24) is 14.5 Å². The first-order valence-electron chi connectivity index (χ1n) is 9.58. The van der Waals surface area contributed by atoms with Gasteiger partial charge in [0.25, 0.3) is 0 Å². The fraction of sp³-hybridized carbons (Fsp3) is 0.450. The number of morpholine rings is 1. The quantitative estimate of drug-likeness (QED) is 0.771. The van der Waals surface area contributed by atoms with E-state index in [1.54, 1.807) is 10.7 Å². The molecule has 0 atom stereocenters. The third-order valence-electron chi connectivity index (χ3n) is 4.91. The summed E-state index contributed by atoms with van der Waals surface area (Å²) in [6.07, 6.45) is 4.62. The molecule has 0 spiro atoms. The largest absolute Gasteiger partial charge is 0.448 e. The van der Waals surface area contributed by atoms with Crippen LogP contribution in [-0.2, 0) is 9.47 Å². The molecule has 0 bridgehead atoms. The number of nitrogens with zero attached hydrogens (tertiary/aromatic N) is 4. The van der Waals surface area contributed by atoms with Crippen LogP contribution in [0.15, 0.2) is 24.2 Å². The second-order valence-electron chi connectivity index (χ2n) is 6.82. The second kappa shape index (κ2) is 9.41. The number of aryl methyl sites for hydroxylation is 1. The Morgan fingerprint density at radius 2 is 2.17 bits per heavy atom. The maximum atomic E-state index is 12.2. The summed E-state index contributed by atoms with van der Waals surface area (Å²) in [6, 6.07) is 2.16. The molecule has 2 aromatic rings. The molecule has 0 aliphatic carbocycles. The first kappa shape index (κ1) is 20.6. The molecule has 0 unspecified atom stereocenters. The van der Waals surface area contributed by atoms with Gasteiger partial charge in [-0.15, -0.1) is 0 Å². The number of fused-ring (bicyclic) bond motifs is 1. The Hall–Kier alpha value is -3.09. The Labute approximate surface area is 169 Å². The van der Waals surface area contributed by atoms with Crippen LogP contribution in [0.5, 0.6) is 0 Å². The number of ether oxygens (including phenoxy) is 2. The highest BCUT2D eigenvalue weighted by molar-refractivity contribution is 5.92. The Bertz CT molecular complexity index is 953. The fourth-order valence-corrected chi connectivity index (χ4v) is 3.13. The number of rotatable bonds is 6. The number of carbonyl (C=O) groups is 1. The zero-order valence-corrected chi connectivity index (χ0v) is 17.0. The van der Waals surface area contributed by atoms with E-state index in [4.69, 9.17) is 9.47 Å². The van der Waals surface area contributed by atoms with Crippen LogP contribution in [0.4, 0.5) is 16.2 Å². The third-order valence-corrected chi connectivity index (χ3v) is 4.91. The lowest BCUT2D eigenvalue weighted by molar-refractivity contribution is 0.0290. The van der Waals surface area contributed by atoms with Crippen LogP contribution >= 0.6 is 0 Å². The van der Waals surface area contributed by atoms with E-state index in [9.17, 15) is 10.1 Å². The minimum absolute atomic E-state index is 0.308. The summed E-state index contributed by atoms with van der Waals surface area (Å²) in [7, 11) is 0. The molecule has 2 N–H and O–H groups in total. The number of hydrogen-bond donors (Lipinski definition) is 2. The van der Waals surface area contributed by atoms with Crippen molar-refractivity contribution >= 4 is 23.0 Å². The Morgan fingerprint density at radius 3 is 2.86 bits per heavy atom. The molecule has 1 aliphatic rings. The van der Waals surface area contributed by atoms with Gasteiger partial charge < -0.3 is 14.8 Å².